The van der Waals surface area contributed by atoms with E-state index in [1.165, 1.54) is 25.4 Å². The zero-order chi connectivity index (χ0) is 32.0. The number of rotatable bonds is 11. The molecule has 232 valence electrons. The van der Waals surface area contributed by atoms with Gasteiger partial charge in [-0.1, -0.05) is 12.1 Å². The molecule has 0 aliphatic heterocycles. The lowest BCUT2D eigenvalue weighted by molar-refractivity contribution is -0.142. The monoisotopic (exact) mass is 618 g/mol. The summed E-state index contributed by atoms with van der Waals surface area (Å²) in [6.45, 7) is 1.19. The van der Waals surface area contributed by atoms with E-state index in [4.69, 9.17) is 0 Å². The molecule has 1 atom stereocenters. The number of alkyl halides is 3. The van der Waals surface area contributed by atoms with Crippen molar-refractivity contribution >= 4 is 11.8 Å². The highest BCUT2D eigenvalue weighted by atomic mass is 19.4. The number of halogens is 6. The van der Waals surface area contributed by atoms with Crippen molar-refractivity contribution in [3.63, 3.8) is 0 Å². The fourth-order valence-electron chi connectivity index (χ4n) is 4.73. The molecule has 4 aromatic rings. The molecule has 4 rings (SSSR count). The molecule has 44 heavy (non-hydrogen) atoms. The van der Waals surface area contributed by atoms with Crippen LogP contribution in [0, 0.1) is 17.5 Å². The van der Waals surface area contributed by atoms with Crippen LogP contribution in [0.5, 0.6) is 0 Å². The summed E-state index contributed by atoms with van der Waals surface area (Å²) in [5.74, 6) is -3.89. The second-order valence-electron chi connectivity index (χ2n) is 9.82. The molecule has 14 heteroatoms. The lowest BCUT2D eigenvalue weighted by Gasteiger charge is -2.22. The molecule has 2 aromatic carbocycles. The highest BCUT2D eigenvalue weighted by molar-refractivity contribution is 5.95. The summed E-state index contributed by atoms with van der Waals surface area (Å²) in [4.78, 5) is 30.0. The van der Waals surface area contributed by atoms with Crippen LogP contribution in [-0.4, -0.2) is 40.2 Å². The third-order valence-electron chi connectivity index (χ3n) is 6.50. The number of nitrogens with one attached hydrogen (secondary N) is 3. The molecular formula is C30H28F6N6O2. The first-order valence-corrected chi connectivity index (χ1v) is 13.4. The molecule has 2 amide bonds. The molecule has 8 nitrogen and oxygen atoms in total. The van der Waals surface area contributed by atoms with Gasteiger partial charge in [0.1, 0.15) is 24.0 Å². The number of benzene rings is 2. The van der Waals surface area contributed by atoms with Crippen molar-refractivity contribution in [1.29, 1.82) is 0 Å². The standard InChI is InChI=1S/C30H28F6N6O2/c1-3-38-29(44)23-12-18(6-7-24(23)33)22-5-4-8-39-27(22)25(11-17-9-20(31)13-21(32)10-17)40-26(43)16-42-15-19(14-37-2)28(41-42)30(34,35)36/h4-10,12-13,15,25,37H,3,11,14,16H2,1-2H3,(H,38,44)(H,40,43)/t25-/m0/s1. The molecule has 0 fully saturated rings. The summed E-state index contributed by atoms with van der Waals surface area (Å²) in [5, 5.41) is 11.4. The molecule has 0 bridgehead atoms. The van der Waals surface area contributed by atoms with Gasteiger partial charge in [0.2, 0.25) is 5.91 Å². The van der Waals surface area contributed by atoms with E-state index in [0.717, 1.165) is 29.1 Å². The summed E-state index contributed by atoms with van der Waals surface area (Å²) in [7, 11) is 1.47. The Kier molecular flexibility index (Phi) is 10.0. The molecule has 0 unspecified atom stereocenters. The Morgan fingerprint density at radius 1 is 1.02 bits per heavy atom. The molecule has 2 heterocycles. The largest absolute Gasteiger partial charge is 0.435 e. The maximum absolute atomic E-state index is 14.5. The predicted molar refractivity (Wildman–Crippen MR) is 149 cm³/mol. The number of carbonyl (C=O) groups is 2. The van der Waals surface area contributed by atoms with Crippen molar-refractivity contribution in [2.45, 2.75) is 38.7 Å². The first kappa shape index (κ1) is 32.2. The van der Waals surface area contributed by atoms with Crippen molar-refractivity contribution in [2.24, 2.45) is 0 Å². The van der Waals surface area contributed by atoms with Gasteiger partial charge in [-0.05, 0) is 61.9 Å². The van der Waals surface area contributed by atoms with E-state index in [0.29, 0.717) is 17.2 Å². The van der Waals surface area contributed by atoms with Crippen LogP contribution in [0.2, 0.25) is 0 Å². The zero-order valence-electron chi connectivity index (χ0n) is 23.6. The molecule has 3 N–H and O–H groups in total. The number of nitrogens with zero attached hydrogens (tertiary/aromatic N) is 3. The molecule has 0 aliphatic rings. The normalized spacial score (nSPS) is 12.2. The molecule has 0 saturated heterocycles. The lowest BCUT2D eigenvalue weighted by Crippen LogP contribution is -2.34. The predicted octanol–water partition coefficient (Wildman–Crippen LogP) is 4.95. The van der Waals surface area contributed by atoms with Crippen LogP contribution in [0.3, 0.4) is 0 Å². The number of aromatic nitrogens is 3. The quantitative estimate of drug-likeness (QED) is 0.207. The summed E-state index contributed by atoms with van der Waals surface area (Å²) >= 11 is 0. The molecule has 0 aliphatic carbocycles. The fourth-order valence-corrected chi connectivity index (χ4v) is 4.73. The Morgan fingerprint density at radius 2 is 1.75 bits per heavy atom. The van der Waals surface area contributed by atoms with Crippen LogP contribution in [0.1, 0.15) is 45.8 Å². The maximum Gasteiger partial charge on any atom is 0.435 e. The van der Waals surface area contributed by atoms with E-state index in [9.17, 15) is 35.9 Å². The Balaban J connectivity index is 1.72. The van der Waals surface area contributed by atoms with Gasteiger partial charge in [-0.2, -0.15) is 18.3 Å². The van der Waals surface area contributed by atoms with Crippen molar-refractivity contribution in [2.75, 3.05) is 13.6 Å². The van der Waals surface area contributed by atoms with Gasteiger partial charge < -0.3 is 16.0 Å². The van der Waals surface area contributed by atoms with Crippen LogP contribution >= 0.6 is 0 Å². The van der Waals surface area contributed by atoms with E-state index in [1.807, 2.05) is 0 Å². The molecule has 0 radical (unpaired) electrons. The number of pyridine rings is 1. The van der Waals surface area contributed by atoms with E-state index in [2.05, 4.69) is 26.0 Å². The van der Waals surface area contributed by atoms with Crippen molar-refractivity contribution < 1.29 is 35.9 Å². The zero-order valence-corrected chi connectivity index (χ0v) is 23.6. The van der Waals surface area contributed by atoms with Crippen LogP contribution in [0.25, 0.3) is 11.1 Å². The van der Waals surface area contributed by atoms with Gasteiger partial charge in [0.15, 0.2) is 5.69 Å². The van der Waals surface area contributed by atoms with Gasteiger partial charge in [0.05, 0.1) is 17.3 Å². The average Bonchev–Trinajstić information content (AvgIpc) is 3.35. The van der Waals surface area contributed by atoms with Crippen LogP contribution in [0.15, 0.2) is 60.9 Å². The van der Waals surface area contributed by atoms with Crippen LogP contribution in [0.4, 0.5) is 26.3 Å². The van der Waals surface area contributed by atoms with E-state index in [-0.39, 0.29) is 41.9 Å². The summed E-state index contributed by atoms with van der Waals surface area (Å²) < 4.78 is 84.0. The number of carbonyl (C=O) groups excluding carboxylic acids is 2. The van der Waals surface area contributed by atoms with Gasteiger partial charge in [0, 0.05) is 42.7 Å². The second kappa shape index (κ2) is 13.7. The third kappa shape index (κ3) is 7.81. The lowest BCUT2D eigenvalue weighted by atomic mass is 9.94. The Bertz CT molecular complexity index is 1640. The Morgan fingerprint density at radius 3 is 2.41 bits per heavy atom. The van der Waals surface area contributed by atoms with Gasteiger partial charge in [-0.15, -0.1) is 0 Å². The van der Waals surface area contributed by atoms with E-state index >= 15 is 0 Å². The fraction of sp³-hybridized carbons (Fsp3) is 0.267. The molecular weight excluding hydrogens is 590 g/mol. The number of hydrogen-bond acceptors (Lipinski definition) is 5. The molecule has 2 aromatic heterocycles. The molecule has 0 spiro atoms. The molecule has 0 saturated carbocycles. The average molecular weight is 619 g/mol. The van der Waals surface area contributed by atoms with Crippen molar-refractivity contribution in [3.8, 4) is 11.1 Å². The van der Waals surface area contributed by atoms with Crippen molar-refractivity contribution in [1.82, 2.24) is 30.7 Å². The highest BCUT2D eigenvalue weighted by Gasteiger charge is 2.37. The second-order valence-corrected chi connectivity index (χ2v) is 9.82. The first-order chi connectivity index (χ1) is 20.9. The van der Waals surface area contributed by atoms with Crippen molar-refractivity contribution in [3.05, 3.63) is 106 Å². The van der Waals surface area contributed by atoms with E-state index in [1.54, 1.807) is 19.1 Å². The topological polar surface area (TPSA) is 101 Å². The minimum Gasteiger partial charge on any atom is -0.352 e. The number of hydrogen-bond donors (Lipinski definition) is 3. The minimum absolute atomic E-state index is 0.141. The SMILES string of the molecule is CCNC(=O)c1cc(-c2cccnc2[C@H](Cc2cc(F)cc(F)c2)NC(=O)Cn2cc(CNC)c(C(F)(F)F)n2)ccc1F. The first-order valence-electron chi connectivity index (χ1n) is 13.4. The summed E-state index contributed by atoms with van der Waals surface area (Å²) in [6.07, 6.45) is -2.41. The summed E-state index contributed by atoms with van der Waals surface area (Å²) in [6, 6.07) is 8.77. The van der Waals surface area contributed by atoms with Gasteiger partial charge in [-0.3, -0.25) is 19.3 Å². The van der Waals surface area contributed by atoms with Gasteiger partial charge in [-0.25, -0.2) is 13.2 Å². The van der Waals surface area contributed by atoms with E-state index < -0.39 is 53.7 Å². The highest BCUT2D eigenvalue weighted by Crippen LogP contribution is 2.32. The maximum atomic E-state index is 14.5. The number of amides is 2. The Labute approximate surface area is 248 Å². The van der Waals surface area contributed by atoms with Crippen LogP contribution < -0.4 is 16.0 Å². The smallest absolute Gasteiger partial charge is 0.352 e. The van der Waals surface area contributed by atoms with Crippen LogP contribution in [-0.2, 0) is 30.5 Å². The van der Waals surface area contributed by atoms with Gasteiger partial charge in [0.25, 0.3) is 5.91 Å². The Hall–Kier alpha value is -4.72. The minimum atomic E-state index is -4.75. The summed E-state index contributed by atoms with van der Waals surface area (Å²) in [5.41, 5.74) is -0.450. The van der Waals surface area contributed by atoms with Gasteiger partial charge >= 0.3 is 6.18 Å². The third-order valence-corrected chi connectivity index (χ3v) is 6.50.